The van der Waals surface area contributed by atoms with E-state index in [0.29, 0.717) is 30.0 Å². The number of amides is 2. The molecule has 6 nitrogen and oxygen atoms in total. The van der Waals surface area contributed by atoms with E-state index in [0.717, 1.165) is 13.1 Å². The maximum Gasteiger partial charge on any atom is 0.240 e. The zero-order valence-electron chi connectivity index (χ0n) is 16.7. The first kappa shape index (κ1) is 19.3. The lowest BCUT2D eigenvalue weighted by Gasteiger charge is -2.28. The highest BCUT2D eigenvalue weighted by molar-refractivity contribution is 6.17. The van der Waals surface area contributed by atoms with Gasteiger partial charge in [-0.15, -0.1) is 0 Å². The molecule has 2 aromatic rings. The number of anilines is 3. The number of ether oxygens (including phenoxy) is 1. The van der Waals surface area contributed by atoms with Crippen LogP contribution in [0.5, 0.6) is 5.75 Å². The molecule has 0 bridgehead atoms. The summed E-state index contributed by atoms with van der Waals surface area (Å²) < 4.78 is 5.28. The Hall–Kier alpha value is -3.02. The fourth-order valence-electron chi connectivity index (χ4n) is 3.83. The number of nitrogens with zero attached hydrogens (tertiary/aromatic N) is 1. The van der Waals surface area contributed by atoms with Crippen molar-refractivity contribution in [3.63, 3.8) is 0 Å². The van der Waals surface area contributed by atoms with Gasteiger partial charge in [-0.1, -0.05) is 12.1 Å². The first-order chi connectivity index (χ1) is 14.1. The highest BCUT2D eigenvalue weighted by Gasteiger charge is 2.56. The third-order valence-corrected chi connectivity index (χ3v) is 5.82. The van der Waals surface area contributed by atoms with Gasteiger partial charge in [0.1, 0.15) is 11.2 Å². The fraction of sp³-hybridized carbons (Fsp3) is 0.391. The van der Waals surface area contributed by atoms with Crippen LogP contribution in [0.3, 0.4) is 0 Å². The lowest BCUT2D eigenvalue weighted by Crippen LogP contribution is -2.35. The highest BCUT2D eigenvalue weighted by atomic mass is 16.5. The van der Waals surface area contributed by atoms with E-state index in [1.807, 2.05) is 36.4 Å². The molecule has 1 heterocycles. The average Bonchev–Trinajstić information content (AvgIpc) is 3.58. The Balaban J connectivity index is 1.40. The molecule has 4 rings (SSSR count). The molecule has 1 saturated heterocycles. The number of benzene rings is 2. The SMILES string of the molecule is COc1ccccc1NC(=O)C1(C(=O)Nc2ccc(N3CCCCC3)cc2)CC1. The van der Waals surface area contributed by atoms with Crippen LogP contribution in [0.4, 0.5) is 17.1 Å². The molecule has 2 aromatic carbocycles. The van der Waals surface area contributed by atoms with Crippen molar-refractivity contribution >= 4 is 28.9 Å². The molecule has 0 spiro atoms. The zero-order valence-corrected chi connectivity index (χ0v) is 16.7. The average molecular weight is 393 g/mol. The van der Waals surface area contributed by atoms with Crippen LogP contribution in [0.1, 0.15) is 32.1 Å². The van der Waals surface area contributed by atoms with Crippen molar-refractivity contribution in [1.82, 2.24) is 0 Å². The van der Waals surface area contributed by atoms with Gasteiger partial charge in [0.2, 0.25) is 11.8 Å². The number of piperidine rings is 1. The van der Waals surface area contributed by atoms with Crippen LogP contribution in [-0.4, -0.2) is 32.0 Å². The maximum absolute atomic E-state index is 12.9. The van der Waals surface area contributed by atoms with Gasteiger partial charge in [0.05, 0.1) is 12.8 Å². The van der Waals surface area contributed by atoms with Crippen molar-refractivity contribution in [2.24, 2.45) is 5.41 Å². The van der Waals surface area contributed by atoms with Crippen LogP contribution < -0.4 is 20.3 Å². The number of nitrogens with one attached hydrogen (secondary N) is 2. The number of hydrogen-bond donors (Lipinski definition) is 2. The van der Waals surface area contributed by atoms with E-state index in [9.17, 15) is 9.59 Å². The monoisotopic (exact) mass is 393 g/mol. The Morgan fingerprint density at radius 2 is 1.55 bits per heavy atom. The van der Waals surface area contributed by atoms with Gasteiger partial charge >= 0.3 is 0 Å². The minimum absolute atomic E-state index is 0.254. The molecule has 2 amide bonds. The Labute approximate surface area is 171 Å². The number of methoxy groups -OCH3 is 1. The van der Waals surface area contributed by atoms with E-state index in [1.165, 1.54) is 24.9 Å². The van der Waals surface area contributed by atoms with Crippen molar-refractivity contribution in [2.75, 3.05) is 35.7 Å². The summed E-state index contributed by atoms with van der Waals surface area (Å²) in [6, 6.07) is 15.1. The van der Waals surface area contributed by atoms with E-state index in [-0.39, 0.29) is 11.8 Å². The lowest BCUT2D eigenvalue weighted by molar-refractivity contribution is -0.131. The van der Waals surface area contributed by atoms with E-state index in [2.05, 4.69) is 15.5 Å². The summed E-state index contributed by atoms with van der Waals surface area (Å²) in [5.74, 6) is 0.0328. The van der Waals surface area contributed by atoms with Crippen molar-refractivity contribution in [3.05, 3.63) is 48.5 Å². The first-order valence-electron chi connectivity index (χ1n) is 10.2. The standard InChI is InChI=1S/C23H27N3O3/c1-29-20-8-4-3-7-19(20)25-22(28)23(13-14-23)21(27)24-17-9-11-18(12-10-17)26-15-5-2-6-16-26/h3-4,7-12H,2,5-6,13-16H2,1H3,(H,24,27)(H,25,28). The molecule has 2 aliphatic rings. The van der Waals surface area contributed by atoms with Gasteiger partial charge in [0, 0.05) is 24.5 Å². The predicted octanol–water partition coefficient (Wildman–Crippen LogP) is 4.04. The van der Waals surface area contributed by atoms with Gasteiger partial charge in [0.25, 0.3) is 0 Å². The molecule has 29 heavy (non-hydrogen) atoms. The van der Waals surface area contributed by atoms with Crippen molar-refractivity contribution in [2.45, 2.75) is 32.1 Å². The fourth-order valence-corrected chi connectivity index (χ4v) is 3.83. The van der Waals surface area contributed by atoms with Gasteiger partial charge < -0.3 is 20.3 Å². The number of carbonyl (C=O) groups excluding carboxylic acids is 2. The Morgan fingerprint density at radius 3 is 2.21 bits per heavy atom. The van der Waals surface area contributed by atoms with Crippen LogP contribution in [0.15, 0.2) is 48.5 Å². The Kier molecular flexibility index (Phi) is 5.43. The van der Waals surface area contributed by atoms with E-state index < -0.39 is 5.41 Å². The van der Waals surface area contributed by atoms with Crippen molar-refractivity contribution < 1.29 is 14.3 Å². The Bertz CT molecular complexity index is 884. The second kappa shape index (κ2) is 8.15. The van der Waals surface area contributed by atoms with Gasteiger partial charge in [-0.05, 0) is 68.5 Å². The second-order valence-electron chi connectivity index (χ2n) is 7.79. The number of hydrogen-bond acceptors (Lipinski definition) is 4. The highest BCUT2D eigenvalue weighted by Crippen LogP contribution is 2.48. The Morgan fingerprint density at radius 1 is 0.897 bits per heavy atom. The van der Waals surface area contributed by atoms with E-state index >= 15 is 0 Å². The quantitative estimate of drug-likeness (QED) is 0.727. The van der Waals surface area contributed by atoms with Gasteiger partial charge in [-0.25, -0.2) is 0 Å². The summed E-state index contributed by atoms with van der Waals surface area (Å²) in [5.41, 5.74) is 1.46. The zero-order chi connectivity index (χ0) is 20.3. The number of rotatable bonds is 6. The number of para-hydroxylation sites is 2. The number of carbonyl (C=O) groups is 2. The molecule has 1 saturated carbocycles. The molecule has 1 aliphatic carbocycles. The lowest BCUT2D eigenvalue weighted by atomic mass is 10.0. The second-order valence-corrected chi connectivity index (χ2v) is 7.79. The third-order valence-electron chi connectivity index (χ3n) is 5.82. The molecule has 152 valence electrons. The summed E-state index contributed by atoms with van der Waals surface area (Å²) >= 11 is 0. The molecule has 2 fully saturated rings. The molecule has 1 aliphatic heterocycles. The van der Waals surface area contributed by atoms with Crippen LogP contribution in [0, 0.1) is 5.41 Å². The minimum Gasteiger partial charge on any atom is -0.495 e. The molecular weight excluding hydrogens is 366 g/mol. The van der Waals surface area contributed by atoms with Gasteiger partial charge in [-0.2, -0.15) is 0 Å². The summed E-state index contributed by atoms with van der Waals surface area (Å²) in [4.78, 5) is 28.1. The van der Waals surface area contributed by atoms with Gasteiger partial charge in [0.15, 0.2) is 0 Å². The third kappa shape index (κ3) is 4.06. The van der Waals surface area contributed by atoms with Gasteiger partial charge in [-0.3, -0.25) is 9.59 Å². The summed E-state index contributed by atoms with van der Waals surface area (Å²) in [6.07, 6.45) is 4.84. The molecular formula is C23H27N3O3. The summed E-state index contributed by atoms with van der Waals surface area (Å²) in [6.45, 7) is 2.16. The molecule has 0 radical (unpaired) electrons. The smallest absolute Gasteiger partial charge is 0.240 e. The van der Waals surface area contributed by atoms with Crippen molar-refractivity contribution in [3.8, 4) is 5.75 Å². The normalized spacial score (nSPS) is 17.3. The topological polar surface area (TPSA) is 70.7 Å². The van der Waals surface area contributed by atoms with E-state index in [1.54, 1.807) is 19.2 Å². The van der Waals surface area contributed by atoms with E-state index in [4.69, 9.17) is 4.74 Å². The first-order valence-corrected chi connectivity index (χ1v) is 10.2. The largest absolute Gasteiger partial charge is 0.495 e. The summed E-state index contributed by atoms with van der Waals surface area (Å²) in [5, 5.41) is 5.77. The van der Waals surface area contributed by atoms with Crippen LogP contribution in [0.2, 0.25) is 0 Å². The predicted molar refractivity (Wildman–Crippen MR) is 114 cm³/mol. The van der Waals surface area contributed by atoms with Crippen molar-refractivity contribution in [1.29, 1.82) is 0 Å². The molecule has 0 unspecified atom stereocenters. The van der Waals surface area contributed by atoms with Crippen LogP contribution in [0.25, 0.3) is 0 Å². The molecule has 6 heteroatoms. The van der Waals surface area contributed by atoms with Crippen LogP contribution >= 0.6 is 0 Å². The minimum atomic E-state index is -1.01. The maximum atomic E-state index is 12.9. The van der Waals surface area contributed by atoms with Crippen LogP contribution in [-0.2, 0) is 9.59 Å². The summed E-state index contributed by atoms with van der Waals surface area (Å²) in [7, 11) is 1.55. The molecule has 2 N–H and O–H groups in total. The molecule has 0 aromatic heterocycles. The molecule has 0 atom stereocenters.